The Hall–Kier alpha value is -1.03. The fourth-order valence-electron chi connectivity index (χ4n) is 1.06. The lowest BCUT2D eigenvalue weighted by Gasteiger charge is -2.15. The predicted octanol–water partition coefficient (Wildman–Crippen LogP) is 2.38. The Morgan fingerprint density at radius 2 is 2.43 bits per heavy atom. The van der Waals surface area contributed by atoms with Crippen LogP contribution in [-0.4, -0.2) is 31.2 Å². The molecule has 0 aliphatic rings. The van der Waals surface area contributed by atoms with Crippen LogP contribution in [0.15, 0.2) is 17.5 Å². The summed E-state index contributed by atoms with van der Waals surface area (Å²) in [7, 11) is 1.76. The molecule has 4 heteroatoms. The number of carbonyl (C=O) groups is 1. The molecule has 0 radical (unpaired) electrons. The number of amides is 1. The van der Waals surface area contributed by atoms with Crippen LogP contribution in [0.3, 0.4) is 0 Å². The molecule has 0 aliphatic heterocycles. The van der Waals surface area contributed by atoms with Gasteiger partial charge in [-0.15, -0.1) is 11.3 Å². The summed E-state index contributed by atoms with van der Waals surface area (Å²) in [5, 5.41) is 2.04. The van der Waals surface area contributed by atoms with E-state index in [1.807, 2.05) is 18.4 Å². The third-order valence-corrected chi connectivity index (χ3v) is 2.79. The monoisotopic (exact) mass is 213 g/mol. The molecule has 1 heterocycles. The molecule has 0 unspecified atom stereocenters. The Kier molecular flexibility index (Phi) is 4.46. The molecular formula is C10H15NO2S. The van der Waals surface area contributed by atoms with Gasteiger partial charge in [-0.25, -0.2) is 4.79 Å². The summed E-state index contributed by atoms with van der Waals surface area (Å²) in [5.74, 6) is 0. The van der Waals surface area contributed by atoms with E-state index in [9.17, 15) is 4.79 Å². The molecule has 1 rings (SSSR count). The molecule has 78 valence electrons. The van der Waals surface area contributed by atoms with Gasteiger partial charge in [0.25, 0.3) is 0 Å². The highest BCUT2D eigenvalue weighted by atomic mass is 32.1. The van der Waals surface area contributed by atoms with Gasteiger partial charge >= 0.3 is 6.09 Å². The number of hydrogen-bond donors (Lipinski definition) is 0. The number of likely N-dealkylation sites (N-methyl/N-ethyl adjacent to an activating group) is 1. The van der Waals surface area contributed by atoms with Crippen molar-refractivity contribution in [2.75, 3.05) is 20.2 Å². The van der Waals surface area contributed by atoms with Gasteiger partial charge in [-0.05, 0) is 24.8 Å². The van der Waals surface area contributed by atoms with E-state index >= 15 is 0 Å². The van der Waals surface area contributed by atoms with Crippen molar-refractivity contribution in [2.45, 2.75) is 13.3 Å². The van der Waals surface area contributed by atoms with E-state index in [0.717, 1.165) is 6.42 Å². The lowest BCUT2D eigenvalue weighted by atomic mass is 10.3. The zero-order chi connectivity index (χ0) is 10.4. The Labute approximate surface area is 88.3 Å². The first-order valence-electron chi connectivity index (χ1n) is 4.64. The number of thiophene rings is 1. The van der Waals surface area contributed by atoms with Crippen molar-refractivity contribution in [3.63, 3.8) is 0 Å². The van der Waals surface area contributed by atoms with E-state index in [4.69, 9.17) is 4.74 Å². The fourth-order valence-corrected chi connectivity index (χ4v) is 1.76. The molecule has 0 saturated carbocycles. The summed E-state index contributed by atoms with van der Waals surface area (Å²) < 4.78 is 4.86. The van der Waals surface area contributed by atoms with Crippen LogP contribution in [0.1, 0.15) is 11.8 Å². The first-order chi connectivity index (χ1) is 6.74. The van der Waals surface area contributed by atoms with Gasteiger partial charge in [0.2, 0.25) is 0 Å². The van der Waals surface area contributed by atoms with Crippen LogP contribution in [0.5, 0.6) is 0 Å². The van der Waals surface area contributed by atoms with Gasteiger partial charge in [-0.3, -0.25) is 0 Å². The summed E-state index contributed by atoms with van der Waals surface area (Å²) >= 11 is 1.71. The first-order valence-corrected chi connectivity index (χ1v) is 5.52. The van der Waals surface area contributed by atoms with E-state index < -0.39 is 0 Å². The maximum atomic E-state index is 11.2. The Balaban J connectivity index is 2.27. The van der Waals surface area contributed by atoms with Crippen LogP contribution in [0.25, 0.3) is 0 Å². The second-order valence-electron chi connectivity index (χ2n) is 2.95. The van der Waals surface area contributed by atoms with Crippen LogP contribution in [-0.2, 0) is 11.2 Å². The molecule has 1 aromatic heterocycles. The first kappa shape index (κ1) is 11.0. The summed E-state index contributed by atoms with van der Waals surface area (Å²) in [4.78, 5) is 14.1. The Morgan fingerprint density at radius 1 is 1.64 bits per heavy atom. The molecule has 0 saturated heterocycles. The third-order valence-electron chi connectivity index (χ3n) is 1.85. The molecule has 3 nitrogen and oxygen atoms in total. The van der Waals surface area contributed by atoms with Crippen LogP contribution < -0.4 is 0 Å². The SMILES string of the molecule is CCOC(=O)N(C)CCc1cccs1. The molecule has 0 spiro atoms. The molecule has 0 N–H and O–H groups in total. The van der Waals surface area contributed by atoms with Gasteiger partial charge in [0.15, 0.2) is 0 Å². The molecule has 0 aliphatic carbocycles. The summed E-state index contributed by atoms with van der Waals surface area (Å²) in [5.41, 5.74) is 0. The number of rotatable bonds is 4. The van der Waals surface area contributed by atoms with Crippen LogP contribution in [0.2, 0.25) is 0 Å². The highest BCUT2D eigenvalue weighted by Gasteiger charge is 2.08. The lowest BCUT2D eigenvalue weighted by molar-refractivity contribution is 0.116. The van der Waals surface area contributed by atoms with E-state index in [2.05, 4.69) is 6.07 Å². The Morgan fingerprint density at radius 3 is 3.00 bits per heavy atom. The van der Waals surface area contributed by atoms with Gasteiger partial charge in [0.05, 0.1) is 6.61 Å². The zero-order valence-corrected chi connectivity index (χ0v) is 9.34. The van der Waals surface area contributed by atoms with Crippen LogP contribution in [0.4, 0.5) is 4.79 Å². The van der Waals surface area contributed by atoms with E-state index in [1.165, 1.54) is 4.88 Å². The highest BCUT2D eigenvalue weighted by Crippen LogP contribution is 2.09. The third kappa shape index (κ3) is 3.38. The zero-order valence-electron chi connectivity index (χ0n) is 8.53. The van der Waals surface area contributed by atoms with Crippen LogP contribution >= 0.6 is 11.3 Å². The molecule has 0 aromatic carbocycles. The van der Waals surface area contributed by atoms with E-state index in [1.54, 1.807) is 23.3 Å². The normalized spacial score (nSPS) is 9.86. The maximum Gasteiger partial charge on any atom is 0.409 e. The van der Waals surface area contributed by atoms with Gasteiger partial charge in [0.1, 0.15) is 0 Å². The lowest BCUT2D eigenvalue weighted by Crippen LogP contribution is -2.29. The van der Waals surface area contributed by atoms with Gasteiger partial charge < -0.3 is 9.64 Å². The van der Waals surface area contributed by atoms with Crippen molar-refractivity contribution in [1.82, 2.24) is 4.90 Å². The van der Waals surface area contributed by atoms with Gasteiger partial charge in [-0.2, -0.15) is 0 Å². The van der Waals surface area contributed by atoms with Crippen molar-refractivity contribution >= 4 is 17.4 Å². The summed E-state index contributed by atoms with van der Waals surface area (Å²) in [6, 6.07) is 4.09. The molecular weight excluding hydrogens is 198 g/mol. The minimum absolute atomic E-state index is 0.246. The van der Waals surface area contributed by atoms with Crippen molar-refractivity contribution in [3.05, 3.63) is 22.4 Å². The average Bonchev–Trinajstić information content (AvgIpc) is 2.67. The Bertz CT molecular complexity index is 272. The van der Waals surface area contributed by atoms with Gasteiger partial charge in [0, 0.05) is 18.5 Å². The van der Waals surface area contributed by atoms with E-state index in [0.29, 0.717) is 13.2 Å². The minimum Gasteiger partial charge on any atom is -0.450 e. The number of carbonyl (C=O) groups excluding carboxylic acids is 1. The molecule has 14 heavy (non-hydrogen) atoms. The molecule has 0 atom stereocenters. The number of ether oxygens (including phenoxy) is 1. The molecule has 1 amide bonds. The van der Waals surface area contributed by atoms with Crippen molar-refractivity contribution in [3.8, 4) is 0 Å². The van der Waals surface area contributed by atoms with E-state index in [-0.39, 0.29) is 6.09 Å². The summed E-state index contributed by atoms with van der Waals surface area (Å²) in [6.07, 6.45) is 0.650. The number of hydrogen-bond acceptors (Lipinski definition) is 3. The number of nitrogens with zero attached hydrogens (tertiary/aromatic N) is 1. The summed E-state index contributed by atoms with van der Waals surface area (Å²) in [6.45, 7) is 2.95. The van der Waals surface area contributed by atoms with Crippen molar-refractivity contribution in [2.24, 2.45) is 0 Å². The average molecular weight is 213 g/mol. The second kappa shape index (κ2) is 5.65. The minimum atomic E-state index is -0.246. The smallest absolute Gasteiger partial charge is 0.409 e. The standard InChI is InChI=1S/C10H15NO2S/c1-3-13-10(12)11(2)7-6-9-5-4-8-14-9/h4-5,8H,3,6-7H2,1-2H3. The quantitative estimate of drug-likeness (QED) is 0.768. The van der Waals surface area contributed by atoms with Crippen LogP contribution in [0, 0.1) is 0 Å². The molecule has 0 fully saturated rings. The van der Waals surface area contributed by atoms with Crippen molar-refractivity contribution < 1.29 is 9.53 Å². The molecule has 1 aromatic rings. The highest BCUT2D eigenvalue weighted by molar-refractivity contribution is 7.09. The fraction of sp³-hybridized carbons (Fsp3) is 0.500. The maximum absolute atomic E-state index is 11.2. The second-order valence-corrected chi connectivity index (χ2v) is 3.98. The predicted molar refractivity (Wildman–Crippen MR) is 57.7 cm³/mol. The molecule has 0 bridgehead atoms. The largest absolute Gasteiger partial charge is 0.450 e. The topological polar surface area (TPSA) is 29.5 Å². The van der Waals surface area contributed by atoms with Crippen molar-refractivity contribution in [1.29, 1.82) is 0 Å². The van der Waals surface area contributed by atoms with Gasteiger partial charge in [-0.1, -0.05) is 6.07 Å².